The molecule has 1 atom stereocenters. The van der Waals surface area contributed by atoms with Gasteiger partial charge >= 0.3 is 5.97 Å². The van der Waals surface area contributed by atoms with Crippen LogP contribution in [0.2, 0.25) is 0 Å². The van der Waals surface area contributed by atoms with Crippen molar-refractivity contribution in [2.45, 2.75) is 37.8 Å². The van der Waals surface area contributed by atoms with Crippen molar-refractivity contribution < 1.29 is 9.90 Å². The molecule has 1 heterocycles. The first kappa shape index (κ1) is 14.1. The molecule has 0 amide bonds. The summed E-state index contributed by atoms with van der Waals surface area (Å²) in [5.41, 5.74) is 2.94. The molecule has 0 saturated heterocycles. The van der Waals surface area contributed by atoms with Crippen LogP contribution in [0.3, 0.4) is 0 Å². The summed E-state index contributed by atoms with van der Waals surface area (Å²) < 4.78 is 1.57. The number of aromatic carboxylic acids is 1. The molecule has 1 unspecified atom stereocenters. The summed E-state index contributed by atoms with van der Waals surface area (Å²) in [6, 6.07) is 9.64. The molecule has 2 aromatic rings. The second-order valence-corrected chi connectivity index (χ2v) is 6.29. The Labute approximate surface area is 133 Å². The number of hydrogen-bond donors (Lipinski definition) is 2. The van der Waals surface area contributed by atoms with Crippen LogP contribution in [0.15, 0.2) is 41.3 Å². The number of carbonyl (C=O) groups is 1. The van der Waals surface area contributed by atoms with E-state index >= 15 is 0 Å². The van der Waals surface area contributed by atoms with Gasteiger partial charge in [0.05, 0.1) is 6.04 Å². The number of hydrogen-bond acceptors (Lipinski definition) is 3. The number of carboxylic acids is 1. The van der Waals surface area contributed by atoms with Crippen LogP contribution in [0.5, 0.6) is 0 Å². The Balaban J connectivity index is 1.76. The van der Waals surface area contributed by atoms with Gasteiger partial charge in [-0.05, 0) is 55.0 Å². The van der Waals surface area contributed by atoms with E-state index in [2.05, 4.69) is 11.4 Å². The van der Waals surface area contributed by atoms with E-state index in [0.29, 0.717) is 6.04 Å². The Morgan fingerprint density at radius 2 is 2.00 bits per heavy atom. The zero-order valence-corrected chi connectivity index (χ0v) is 12.7. The van der Waals surface area contributed by atoms with Gasteiger partial charge in [-0.2, -0.15) is 0 Å². The molecule has 0 aliphatic heterocycles. The molecular weight excluding hydrogens is 292 g/mol. The zero-order chi connectivity index (χ0) is 16.0. The fourth-order valence-corrected chi connectivity index (χ4v) is 3.42. The van der Waals surface area contributed by atoms with Gasteiger partial charge in [-0.1, -0.05) is 12.1 Å². The molecular formula is C18H18N2O3. The minimum Gasteiger partial charge on any atom is -0.477 e. The van der Waals surface area contributed by atoms with Crippen molar-refractivity contribution in [3.63, 3.8) is 0 Å². The van der Waals surface area contributed by atoms with Crippen LogP contribution in [0.4, 0.5) is 5.69 Å². The van der Waals surface area contributed by atoms with Gasteiger partial charge < -0.3 is 15.0 Å². The lowest BCUT2D eigenvalue weighted by molar-refractivity contribution is 0.0694. The Kier molecular flexibility index (Phi) is 3.22. The van der Waals surface area contributed by atoms with Crippen molar-refractivity contribution in [2.75, 3.05) is 5.32 Å². The molecule has 0 bridgehead atoms. The van der Waals surface area contributed by atoms with E-state index < -0.39 is 11.5 Å². The molecule has 23 heavy (non-hydrogen) atoms. The number of benzene rings is 1. The van der Waals surface area contributed by atoms with Gasteiger partial charge in [0.2, 0.25) is 0 Å². The molecule has 2 aliphatic carbocycles. The topological polar surface area (TPSA) is 71.3 Å². The van der Waals surface area contributed by atoms with Crippen LogP contribution in [-0.2, 0) is 6.42 Å². The maximum Gasteiger partial charge on any atom is 0.341 e. The SMILES string of the molecule is O=C(O)c1cccn(C2CCc3c(NC4CC4)cccc32)c1=O. The fraction of sp³-hybridized carbons (Fsp3) is 0.333. The Hall–Kier alpha value is -2.56. The molecule has 2 aliphatic rings. The highest BCUT2D eigenvalue weighted by Gasteiger charge is 2.29. The highest BCUT2D eigenvalue weighted by Crippen LogP contribution is 2.39. The Morgan fingerprint density at radius 1 is 1.17 bits per heavy atom. The standard InChI is InChI=1S/C18H18N2O3/c21-17-14(18(22)23)4-2-10-20(17)16-9-8-12-13(16)3-1-5-15(12)19-11-6-7-11/h1-5,10-11,16,19H,6-9H2,(H,22,23). The van der Waals surface area contributed by atoms with Crippen LogP contribution < -0.4 is 10.9 Å². The summed E-state index contributed by atoms with van der Waals surface area (Å²) >= 11 is 0. The fourth-order valence-electron chi connectivity index (χ4n) is 3.42. The summed E-state index contributed by atoms with van der Waals surface area (Å²) in [5, 5.41) is 12.7. The summed E-state index contributed by atoms with van der Waals surface area (Å²) in [7, 11) is 0. The third kappa shape index (κ3) is 2.42. The lowest BCUT2D eigenvalue weighted by Crippen LogP contribution is -2.28. The summed E-state index contributed by atoms with van der Waals surface area (Å²) in [4.78, 5) is 23.6. The average Bonchev–Trinajstić information content (AvgIpc) is 3.24. The number of pyridine rings is 1. The summed E-state index contributed by atoms with van der Waals surface area (Å²) in [6.07, 6.45) is 5.84. The number of rotatable bonds is 4. The molecule has 1 aromatic heterocycles. The smallest absolute Gasteiger partial charge is 0.341 e. The summed E-state index contributed by atoms with van der Waals surface area (Å²) in [5.74, 6) is -1.17. The third-order valence-corrected chi connectivity index (χ3v) is 4.72. The molecule has 1 saturated carbocycles. The van der Waals surface area contributed by atoms with Crippen LogP contribution >= 0.6 is 0 Å². The van der Waals surface area contributed by atoms with E-state index in [1.165, 1.54) is 24.5 Å². The quantitative estimate of drug-likeness (QED) is 0.911. The molecule has 4 rings (SSSR count). The predicted molar refractivity (Wildman–Crippen MR) is 87.2 cm³/mol. The maximum atomic E-state index is 12.4. The molecule has 0 radical (unpaired) electrons. The lowest BCUT2D eigenvalue weighted by atomic mass is 10.1. The molecule has 5 nitrogen and oxygen atoms in total. The van der Waals surface area contributed by atoms with Gasteiger partial charge in [0.25, 0.3) is 5.56 Å². The van der Waals surface area contributed by atoms with E-state index in [4.69, 9.17) is 5.11 Å². The second kappa shape index (κ2) is 5.26. The molecule has 118 valence electrons. The highest BCUT2D eigenvalue weighted by molar-refractivity contribution is 5.87. The van der Waals surface area contributed by atoms with E-state index in [1.54, 1.807) is 16.8 Å². The molecule has 5 heteroatoms. The number of fused-ring (bicyclic) bond motifs is 1. The van der Waals surface area contributed by atoms with E-state index in [0.717, 1.165) is 24.1 Å². The van der Waals surface area contributed by atoms with Crippen molar-refractivity contribution in [3.8, 4) is 0 Å². The second-order valence-electron chi connectivity index (χ2n) is 6.29. The molecule has 2 N–H and O–H groups in total. The first-order valence-electron chi connectivity index (χ1n) is 7.98. The monoisotopic (exact) mass is 310 g/mol. The number of anilines is 1. The first-order chi connectivity index (χ1) is 11.1. The van der Waals surface area contributed by atoms with E-state index in [-0.39, 0.29) is 11.6 Å². The van der Waals surface area contributed by atoms with Crippen molar-refractivity contribution in [3.05, 3.63) is 63.6 Å². The summed E-state index contributed by atoms with van der Waals surface area (Å²) in [6.45, 7) is 0. The van der Waals surface area contributed by atoms with Crippen molar-refractivity contribution >= 4 is 11.7 Å². The number of nitrogens with one attached hydrogen (secondary N) is 1. The largest absolute Gasteiger partial charge is 0.477 e. The first-order valence-corrected chi connectivity index (χ1v) is 7.98. The predicted octanol–water partition coefficient (Wildman–Crippen LogP) is 2.66. The molecule has 1 fully saturated rings. The highest BCUT2D eigenvalue weighted by atomic mass is 16.4. The number of nitrogens with zero attached hydrogens (tertiary/aromatic N) is 1. The van der Waals surface area contributed by atoms with Gasteiger partial charge in [-0.3, -0.25) is 4.79 Å². The van der Waals surface area contributed by atoms with Gasteiger partial charge in [0.15, 0.2) is 0 Å². The number of aromatic nitrogens is 1. The normalized spacial score (nSPS) is 19.4. The van der Waals surface area contributed by atoms with Crippen molar-refractivity contribution in [2.24, 2.45) is 0 Å². The third-order valence-electron chi connectivity index (χ3n) is 4.72. The maximum absolute atomic E-state index is 12.4. The molecule has 0 spiro atoms. The van der Waals surface area contributed by atoms with Crippen LogP contribution in [0.25, 0.3) is 0 Å². The van der Waals surface area contributed by atoms with Gasteiger partial charge in [0.1, 0.15) is 5.56 Å². The van der Waals surface area contributed by atoms with Gasteiger partial charge in [-0.15, -0.1) is 0 Å². The Bertz CT molecular complexity index is 836. The minimum absolute atomic E-state index is 0.0854. The lowest BCUT2D eigenvalue weighted by Gasteiger charge is -2.17. The van der Waals surface area contributed by atoms with Crippen molar-refractivity contribution in [1.82, 2.24) is 4.57 Å². The number of carboxylic acid groups (broad SMARTS) is 1. The van der Waals surface area contributed by atoms with Gasteiger partial charge in [-0.25, -0.2) is 4.79 Å². The van der Waals surface area contributed by atoms with Crippen LogP contribution in [0, 0.1) is 0 Å². The van der Waals surface area contributed by atoms with Crippen LogP contribution in [-0.4, -0.2) is 21.7 Å². The van der Waals surface area contributed by atoms with E-state index in [9.17, 15) is 9.59 Å². The minimum atomic E-state index is -1.17. The Morgan fingerprint density at radius 3 is 2.74 bits per heavy atom. The molecule has 1 aromatic carbocycles. The van der Waals surface area contributed by atoms with Crippen LogP contribution in [0.1, 0.15) is 46.8 Å². The van der Waals surface area contributed by atoms with Gasteiger partial charge in [0, 0.05) is 17.9 Å². The zero-order valence-electron chi connectivity index (χ0n) is 12.7. The average molecular weight is 310 g/mol. The van der Waals surface area contributed by atoms with Crippen molar-refractivity contribution in [1.29, 1.82) is 0 Å². The van der Waals surface area contributed by atoms with E-state index in [1.807, 2.05) is 12.1 Å².